The fraction of sp³-hybridized carbons (Fsp3) is 0.385. The minimum atomic E-state index is -0.342. The van der Waals surface area contributed by atoms with Crippen LogP contribution in [0.3, 0.4) is 0 Å². The molecule has 0 aliphatic carbocycles. The fourth-order valence-corrected chi connectivity index (χ4v) is 3.19. The molecule has 0 N–H and O–H groups in total. The average Bonchev–Trinajstić information content (AvgIpc) is 2.78. The highest BCUT2D eigenvalue weighted by molar-refractivity contribution is 5.84. The normalized spacial score (nSPS) is 13.2. The van der Waals surface area contributed by atoms with Crippen LogP contribution in [0.25, 0.3) is 10.8 Å². The average molecular weight is 409 g/mol. The van der Waals surface area contributed by atoms with Crippen molar-refractivity contribution in [2.75, 3.05) is 26.4 Å². The predicted octanol–water partition coefficient (Wildman–Crippen LogP) is 6.19. The van der Waals surface area contributed by atoms with Gasteiger partial charge in [-0.15, -0.1) is 0 Å². The summed E-state index contributed by atoms with van der Waals surface area (Å²) in [6.45, 7) is 8.40. The van der Waals surface area contributed by atoms with E-state index in [1.807, 2.05) is 43.3 Å². The lowest BCUT2D eigenvalue weighted by Crippen LogP contribution is -2.19. The van der Waals surface area contributed by atoms with Crippen molar-refractivity contribution in [3.63, 3.8) is 0 Å². The zero-order valence-corrected chi connectivity index (χ0v) is 18.2. The Morgan fingerprint density at radius 3 is 2.27 bits per heavy atom. The standard InChI is InChI=1S/C26H32O4/c1-4-20(2)22-10-11-24-19-26(13-12-23(24)18-22)30-21(3)28-16-14-27-15-17-29-25-8-6-5-7-9-25/h5-13,18-21H,4,14-17H2,1-3H3. The molecular formula is C26H32O4. The minimum absolute atomic E-state index is 0.342. The van der Waals surface area contributed by atoms with Crippen LogP contribution in [0.4, 0.5) is 0 Å². The Kier molecular flexibility index (Phi) is 8.54. The van der Waals surface area contributed by atoms with Crippen LogP contribution in [0.15, 0.2) is 66.7 Å². The van der Waals surface area contributed by atoms with Gasteiger partial charge in [-0.25, -0.2) is 0 Å². The Morgan fingerprint density at radius 1 is 0.733 bits per heavy atom. The highest BCUT2D eigenvalue weighted by Gasteiger charge is 2.07. The minimum Gasteiger partial charge on any atom is -0.491 e. The maximum Gasteiger partial charge on any atom is 0.197 e. The van der Waals surface area contributed by atoms with E-state index in [2.05, 4.69) is 44.2 Å². The second kappa shape index (κ2) is 11.6. The summed E-state index contributed by atoms with van der Waals surface area (Å²) in [7, 11) is 0. The molecule has 0 heterocycles. The lowest BCUT2D eigenvalue weighted by atomic mass is 9.96. The zero-order valence-electron chi connectivity index (χ0n) is 18.2. The first-order valence-corrected chi connectivity index (χ1v) is 10.7. The van der Waals surface area contributed by atoms with E-state index in [1.54, 1.807) is 0 Å². The Balaban J connectivity index is 1.36. The van der Waals surface area contributed by atoms with Gasteiger partial charge in [0.15, 0.2) is 6.29 Å². The van der Waals surface area contributed by atoms with Gasteiger partial charge in [-0.05, 0) is 59.9 Å². The SMILES string of the molecule is CCC(C)c1ccc2cc(OC(C)OCCOCCOc3ccccc3)ccc2c1. The van der Waals surface area contributed by atoms with Crippen molar-refractivity contribution in [3.05, 3.63) is 72.3 Å². The molecule has 0 aliphatic heterocycles. The van der Waals surface area contributed by atoms with Crippen molar-refractivity contribution in [2.24, 2.45) is 0 Å². The monoisotopic (exact) mass is 408 g/mol. The van der Waals surface area contributed by atoms with Crippen molar-refractivity contribution >= 4 is 10.8 Å². The van der Waals surface area contributed by atoms with E-state index in [4.69, 9.17) is 18.9 Å². The molecule has 3 rings (SSSR count). The topological polar surface area (TPSA) is 36.9 Å². The first kappa shape index (κ1) is 22.1. The van der Waals surface area contributed by atoms with Crippen LogP contribution in [0, 0.1) is 0 Å². The van der Waals surface area contributed by atoms with Crippen molar-refractivity contribution in [3.8, 4) is 11.5 Å². The van der Waals surface area contributed by atoms with Gasteiger partial charge in [-0.1, -0.05) is 56.3 Å². The highest BCUT2D eigenvalue weighted by atomic mass is 16.7. The Labute approximate surface area is 179 Å². The Hall–Kier alpha value is -2.56. The molecule has 2 unspecified atom stereocenters. The summed E-state index contributed by atoms with van der Waals surface area (Å²) in [4.78, 5) is 0. The van der Waals surface area contributed by atoms with Gasteiger partial charge in [0.2, 0.25) is 0 Å². The van der Waals surface area contributed by atoms with Crippen molar-refractivity contribution in [1.82, 2.24) is 0 Å². The van der Waals surface area contributed by atoms with Gasteiger partial charge in [-0.2, -0.15) is 0 Å². The molecule has 0 radical (unpaired) electrons. The van der Waals surface area contributed by atoms with E-state index >= 15 is 0 Å². The molecule has 4 heteroatoms. The summed E-state index contributed by atoms with van der Waals surface area (Å²) in [6, 6.07) is 22.5. The molecule has 0 aliphatic rings. The lowest BCUT2D eigenvalue weighted by molar-refractivity contribution is -0.0843. The summed E-state index contributed by atoms with van der Waals surface area (Å²) in [5.74, 6) is 2.24. The van der Waals surface area contributed by atoms with Crippen LogP contribution in [-0.4, -0.2) is 32.7 Å². The number of hydrogen-bond donors (Lipinski definition) is 0. The van der Waals surface area contributed by atoms with Crippen molar-refractivity contribution < 1.29 is 18.9 Å². The Morgan fingerprint density at radius 2 is 1.47 bits per heavy atom. The van der Waals surface area contributed by atoms with Gasteiger partial charge < -0.3 is 18.9 Å². The zero-order chi connectivity index (χ0) is 21.2. The van der Waals surface area contributed by atoms with E-state index in [1.165, 1.54) is 16.3 Å². The molecule has 3 aromatic rings. The maximum atomic E-state index is 5.90. The number of rotatable bonds is 12. The molecule has 0 saturated carbocycles. The third-order valence-corrected chi connectivity index (χ3v) is 5.14. The first-order chi connectivity index (χ1) is 14.7. The maximum absolute atomic E-state index is 5.90. The van der Waals surface area contributed by atoms with Gasteiger partial charge in [-0.3, -0.25) is 0 Å². The van der Waals surface area contributed by atoms with E-state index in [0.717, 1.165) is 17.9 Å². The van der Waals surface area contributed by atoms with Gasteiger partial charge in [0.1, 0.15) is 18.1 Å². The lowest BCUT2D eigenvalue weighted by Gasteiger charge is -2.16. The molecule has 2 atom stereocenters. The summed E-state index contributed by atoms with van der Waals surface area (Å²) < 4.78 is 22.7. The van der Waals surface area contributed by atoms with Crippen LogP contribution < -0.4 is 9.47 Å². The number of fused-ring (bicyclic) bond motifs is 1. The number of ether oxygens (including phenoxy) is 4. The summed E-state index contributed by atoms with van der Waals surface area (Å²) in [5.41, 5.74) is 1.38. The van der Waals surface area contributed by atoms with Crippen LogP contribution >= 0.6 is 0 Å². The summed E-state index contributed by atoms with van der Waals surface area (Å²) in [6.07, 6.45) is 0.803. The second-order valence-corrected chi connectivity index (χ2v) is 7.41. The van der Waals surface area contributed by atoms with Gasteiger partial charge in [0.25, 0.3) is 0 Å². The van der Waals surface area contributed by atoms with E-state index in [-0.39, 0.29) is 6.29 Å². The van der Waals surface area contributed by atoms with Crippen LogP contribution in [0.5, 0.6) is 11.5 Å². The Bertz CT molecular complexity index is 894. The largest absolute Gasteiger partial charge is 0.491 e. The summed E-state index contributed by atoms with van der Waals surface area (Å²) in [5, 5.41) is 2.41. The molecule has 30 heavy (non-hydrogen) atoms. The molecular weight excluding hydrogens is 376 g/mol. The molecule has 0 amide bonds. The van der Waals surface area contributed by atoms with Crippen molar-refractivity contribution in [1.29, 1.82) is 0 Å². The van der Waals surface area contributed by atoms with Crippen LogP contribution in [0.2, 0.25) is 0 Å². The molecule has 3 aromatic carbocycles. The fourth-order valence-electron chi connectivity index (χ4n) is 3.19. The first-order valence-electron chi connectivity index (χ1n) is 10.7. The molecule has 0 bridgehead atoms. The number of benzene rings is 3. The highest BCUT2D eigenvalue weighted by Crippen LogP contribution is 2.26. The predicted molar refractivity (Wildman–Crippen MR) is 121 cm³/mol. The molecule has 4 nitrogen and oxygen atoms in total. The van der Waals surface area contributed by atoms with Gasteiger partial charge in [0.05, 0.1) is 19.8 Å². The van der Waals surface area contributed by atoms with E-state index in [0.29, 0.717) is 32.3 Å². The van der Waals surface area contributed by atoms with Gasteiger partial charge >= 0.3 is 0 Å². The quantitative estimate of drug-likeness (QED) is 0.264. The number of para-hydroxylation sites is 1. The second-order valence-electron chi connectivity index (χ2n) is 7.41. The third-order valence-electron chi connectivity index (χ3n) is 5.14. The summed E-state index contributed by atoms with van der Waals surface area (Å²) >= 11 is 0. The van der Waals surface area contributed by atoms with Crippen LogP contribution in [-0.2, 0) is 9.47 Å². The number of hydrogen-bond acceptors (Lipinski definition) is 4. The third kappa shape index (κ3) is 6.75. The van der Waals surface area contributed by atoms with Crippen molar-refractivity contribution in [2.45, 2.75) is 39.4 Å². The van der Waals surface area contributed by atoms with E-state index in [9.17, 15) is 0 Å². The van der Waals surface area contributed by atoms with E-state index < -0.39 is 0 Å². The van der Waals surface area contributed by atoms with Crippen LogP contribution in [0.1, 0.15) is 38.7 Å². The molecule has 0 aromatic heterocycles. The smallest absolute Gasteiger partial charge is 0.197 e. The molecule has 0 spiro atoms. The van der Waals surface area contributed by atoms with Gasteiger partial charge in [0, 0.05) is 0 Å². The molecule has 0 saturated heterocycles. The molecule has 160 valence electrons. The molecule has 0 fully saturated rings.